The summed E-state index contributed by atoms with van der Waals surface area (Å²) >= 11 is 0. The molecule has 84 valence electrons. The Morgan fingerprint density at radius 3 is 2.43 bits per heavy atom. The number of ether oxygens (including phenoxy) is 1. The first-order chi connectivity index (χ1) is 5.95. The zero-order valence-electron chi connectivity index (χ0n) is 7.43. The van der Waals surface area contributed by atoms with E-state index >= 15 is 0 Å². The second-order valence-corrected chi connectivity index (χ2v) is 2.96. The molecule has 1 aliphatic rings. The molecule has 1 N–H and O–H groups in total. The van der Waals surface area contributed by atoms with Gasteiger partial charge in [0, 0.05) is 6.54 Å². The SMILES string of the molecule is COC(=O)[C@H]1C[C@H](C(F)(F)F)CN1.Cl. The lowest BCUT2D eigenvalue weighted by atomic mass is 10.1. The number of rotatable bonds is 1. The highest BCUT2D eigenvalue weighted by Crippen LogP contribution is 2.32. The molecule has 0 aromatic heterocycles. The van der Waals surface area contributed by atoms with E-state index in [1.54, 1.807) is 0 Å². The molecule has 0 amide bonds. The van der Waals surface area contributed by atoms with Crippen molar-refractivity contribution in [3.63, 3.8) is 0 Å². The first kappa shape index (κ1) is 13.5. The molecule has 3 nitrogen and oxygen atoms in total. The number of carbonyl (C=O) groups excluding carboxylic acids is 1. The topological polar surface area (TPSA) is 38.3 Å². The van der Waals surface area contributed by atoms with Crippen molar-refractivity contribution in [2.75, 3.05) is 13.7 Å². The molecule has 7 heteroatoms. The molecule has 0 aromatic carbocycles. The number of hydrogen-bond acceptors (Lipinski definition) is 3. The Bertz CT molecular complexity index is 210. The predicted molar refractivity (Wildman–Crippen MR) is 45.2 cm³/mol. The van der Waals surface area contributed by atoms with Crippen LogP contribution >= 0.6 is 12.4 Å². The summed E-state index contributed by atoms with van der Waals surface area (Å²) in [4.78, 5) is 10.8. The Hall–Kier alpha value is -0.490. The van der Waals surface area contributed by atoms with Crippen LogP contribution in [0.1, 0.15) is 6.42 Å². The fraction of sp³-hybridized carbons (Fsp3) is 0.857. The molecule has 1 saturated heterocycles. The van der Waals surface area contributed by atoms with E-state index in [0.29, 0.717) is 0 Å². The van der Waals surface area contributed by atoms with Crippen LogP contribution in [0.2, 0.25) is 0 Å². The van der Waals surface area contributed by atoms with Crippen LogP contribution in [0.15, 0.2) is 0 Å². The molecule has 0 unspecified atom stereocenters. The van der Waals surface area contributed by atoms with E-state index in [2.05, 4.69) is 10.1 Å². The van der Waals surface area contributed by atoms with Gasteiger partial charge in [0.15, 0.2) is 0 Å². The van der Waals surface area contributed by atoms with Crippen molar-refractivity contribution in [3.8, 4) is 0 Å². The Morgan fingerprint density at radius 1 is 1.50 bits per heavy atom. The average molecular weight is 234 g/mol. The number of carbonyl (C=O) groups is 1. The van der Waals surface area contributed by atoms with Crippen LogP contribution in [-0.4, -0.2) is 31.8 Å². The Balaban J connectivity index is 0.00000169. The number of esters is 1. The normalized spacial score (nSPS) is 26.9. The highest BCUT2D eigenvalue weighted by atomic mass is 35.5. The van der Waals surface area contributed by atoms with E-state index in [0.717, 1.165) is 7.11 Å². The van der Waals surface area contributed by atoms with Gasteiger partial charge in [-0.05, 0) is 6.42 Å². The first-order valence-corrected chi connectivity index (χ1v) is 3.83. The van der Waals surface area contributed by atoms with Crippen LogP contribution < -0.4 is 5.32 Å². The zero-order valence-corrected chi connectivity index (χ0v) is 8.24. The first-order valence-electron chi connectivity index (χ1n) is 3.83. The van der Waals surface area contributed by atoms with Gasteiger partial charge < -0.3 is 10.1 Å². The van der Waals surface area contributed by atoms with Crippen LogP contribution in [0.5, 0.6) is 0 Å². The summed E-state index contributed by atoms with van der Waals surface area (Å²) < 4.78 is 40.7. The fourth-order valence-electron chi connectivity index (χ4n) is 1.31. The Labute approximate surface area is 85.4 Å². The molecule has 0 radical (unpaired) electrons. The minimum Gasteiger partial charge on any atom is -0.468 e. The van der Waals surface area contributed by atoms with Crippen LogP contribution in [-0.2, 0) is 9.53 Å². The smallest absolute Gasteiger partial charge is 0.393 e. The monoisotopic (exact) mass is 233 g/mol. The third-order valence-corrected chi connectivity index (χ3v) is 2.08. The van der Waals surface area contributed by atoms with E-state index in [1.807, 2.05) is 0 Å². The van der Waals surface area contributed by atoms with Crippen molar-refractivity contribution in [2.24, 2.45) is 5.92 Å². The molecule has 1 heterocycles. The molecule has 1 rings (SSSR count). The van der Waals surface area contributed by atoms with E-state index in [4.69, 9.17) is 0 Å². The maximum Gasteiger partial charge on any atom is 0.393 e. The van der Waals surface area contributed by atoms with E-state index in [9.17, 15) is 18.0 Å². The van der Waals surface area contributed by atoms with Gasteiger partial charge in [-0.1, -0.05) is 0 Å². The average Bonchev–Trinajstić information content (AvgIpc) is 2.50. The number of alkyl halides is 3. The lowest BCUT2D eigenvalue weighted by Crippen LogP contribution is -2.31. The molecule has 0 aromatic rings. The summed E-state index contributed by atoms with van der Waals surface area (Å²) in [5.41, 5.74) is 0. The van der Waals surface area contributed by atoms with Crippen LogP contribution in [0.25, 0.3) is 0 Å². The van der Waals surface area contributed by atoms with Crippen molar-refractivity contribution in [1.82, 2.24) is 5.32 Å². The van der Waals surface area contributed by atoms with Gasteiger partial charge in [0.1, 0.15) is 6.04 Å². The second kappa shape index (κ2) is 4.84. The highest BCUT2D eigenvalue weighted by molar-refractivity contribution is 5.85. The van der Waals surface area contributed by atoms with Gasteiger partial charge in [0.2, 0.25) is 0 Å². The summed E-state index contributed by atoms with van der Waals surface area (Å²) in [6.45, 7) is -0.205. The van der Waals surface area contributed by atoms with E-state index in [-0.39, 0.29) is 25.4 Å². The molecule has 1 fully saturated rings. The van der Waals surface area contributed by atoms with Crippen LogP contribution in [0.3, 0.4) is 0 Å². The van der Waals surface area contributed by atoms with Crippen molar-refractivity contribution < 1.29 is 22.7 Å². The standard InChI is InChI=1S/C7H10F3NO2.ClH/c1-13-6(12)5-2-4(3-11-5)7(8,9)10;/h4-5,11H,2-3H2,1H3;1H/t4-,5+;/m0./s1. The number of halogens is 4. The second-order valence-electron chi connectivity index (χ2n) is 2.96. The molecule has 0 aliphatic carbocycles. The maximum atomic E-state index is 12.1. The Kier molecular flexibility index (Phi) is 4.67. The largest absolute Gasteiger partial charge is 0.468 e. The van der Waals surface area contributed by atoms with Gasteiger partial charge >= 0.3 is 12.1 Å². The third kappa shape index (κ3) is 3.02. The summed E-state index contributed by atoms with van der Waals surface area (Å²) in [6.07, 6.45) is -4.45. The molecule has 2 atom stereocenters. The lowest BCUT2D eigenvalue weighted by molar-refractivity contribution is -0.169. The minimum absolute atomic E-state index is 0. The quantitative estimate of drug-likeness (QED) is 0.690. The van der Waals surface area contributed by atoms with Crippen LogP contribution in [0, 0.1) is 5.92 Å². The summed E-state index contributed by atoms with van der Waals surface area (Å²) in [6, 6.07) is -0.809. The zero-order chi connectivity index (χ0) is 10.1. The molecular formula is C7H11ClF3NO2. The van der Waals surface area contributed by atoms with Crippen LogP contribution in [0.4, 0.5) is 13.2 Å². The third-order valence-electron chi connectivity index (χ3n) is 2.08. The minimum atomic E-state index is -4.23. The Morgan fingerprint density at radius 2 is 2.07 bits per heavy atom. The van der Waals surface area contributed by atoms with Gasteiger partial charge in [-0.15, -0.1) is 12.4 Å². The highest BCUT2D eigenvalue weighted by Gasteiger charge is 2.45. The lowest BCUT2D eigenvalue weighted by Gasteiger charge is -2.12. The fourth-order valence-corrected chi connectivity index (χ4v) is 1.31. The molecule has 0 saturated carbocycles. The van der Waals surface area contributed by atoms with E-state index < -0.39 is 24.1 Å². The van der Waals surface area contributed by atoms with Gasteiger partial charge in [-0.25, -0.2) is 0 Å². The van der Waals surface area contributed by atoms with Crippen molar-refractivity contribution >= 4 is 18.4 Å². The molecule has 0 bridgehead atoms. The molecule has 0 spiro atoms. The summed E-state index contributed by atoms with van der Waals surface area (Å²) in [5, 5.41) is 2.47. The number of nitrogens with one attached hydrogen (secondary N) is 1. The number of hydrogen-bond donors (Lipinski definition) is 1. The van der Waals surface area contributed by atoms with Crippen molar-refractivity contribution in [3.05, 3.63) is 0 Å². The molecule has 14 heavy (non-hydrogen) atoms. The number of methoxy groups -OCH3 is 1. The van der Waals surface area contributed by atoms with E-state index in [1.165, 1.54) is 0 Å². The van der Waals surface area contributed by atoms with Crippen molar-refractivity contribution in [2.45, 2.75) is 18.6 Å². The van der Waals surface area contributed by atoms with Gasteiger partial charge in [0.05, 0.1) is 13.0 Å². The van der Waals surface area contributed by atoms with Gasteiger partial charge in [-0.3, -0.25) is 4.79 Å². The predicted octanol–water partition coefficient (Wildman–Crippen LogP) is 1.12. The van der Waals surface area contributed by atoms with Gasteiger partial charge in [-0.2, -0.15) is 13.2 Å². The summed E-state index contributed by atoms with van der Waals surface area (Å²) in [7, 11) is 1.16. The van der Waals surface area contributed by atoms with Crippen molar-refractivity contribution in [1.29, 1.82) is 0 Å². The maximum absolute atomic E-state index is 12.1. The molecule has 1 aliphatic heterocycles. The molecular weight excluding hydrogens is 223 g/mol. The van der Waals surface area contributed by atoms with Gasteiger partial charge in [0.25, 0.3) is 0 Å². The summed E-state index contributed by atoms with van der Waals surface area (Å²) in [5.74, 6) is -2.07.